The van der Waals surface area contributed by atoms with Gasteiger partial charge in [0.15, 0.2) is 0 Å². The van der Waals surface area contributed by atoms with Crippen LogP contribution in [0.4, 0.5) is 10.5 Å². The number of nitrogens with zero attached hydrogens (tertiary/aromatic N) is 1. The first-order chi connectivity index (χ1) is 13.8. The summed E-state index contributed by atoms with van der Waals surface area (Å²) in [5, 5.41) is 5.63. The standard InChI is InChI=1S/C23H27N3O3/c1-4-18-12-8-9-16(2)20(18)24-19(27)15-26-21(28)23(3,25-22(26)29)14-13-17-10-6-5-7-11-17/h5-12H,4,13-15H2,1-3H3,(H,24,27)(H,25,29). The molecule has 4 amide bonds. The number of nitrogens with one attached hydrogen (secondary N) is 2. The van der Waals surface area contributed by atoms with E-state index in [0.717, 1.165) is 33.7 Å². The second kappa shape index (κ2) is 8.47. The number of amides is 4. The van der Waals surface area contributed by atoms with E-state index in [1.54, 1.807) is 6.92 Å². The zero-order valence-electron chi connectivity index (χ0n) is 17.1. The van der Waals surface area contributed by atoms with Crippen LogP contribution in [0.25, 0.3) is 0 Å². The number of carbonyl (C=O) groups is 3. The number of aryl methyl sites for hydroxylation is 3. The SMILES string of the molecule is CCc1cccc(C)c1NC(=O)CN1C(=O)NC(C)(CCc2ccccc2)C1=O. The van der Waals surface area contributed by atoms with Crippen LogP contribution in [0.5, 0.6) is 0 Å². The van der Waals surface area contributed by atoms with Crippen LogP contribution in [0.2, 0.25) is 0 Å². The molecule has 1 unspecified atom stereocenters. The lowest BCUT2D eigenvalue weighted by atomic mass is 9.93. The Labute approximate surface area is 171 Å². The van der Waals surface area contributed by atoms with E-state index in [4.69, 9.17) is 0 Å². The number of urea groups is 1. The predicted molar refractivity (Wildman–Crippen MR) is 113 cm³/mol. The van der Waals surface area contributed by atoms with Gasteiger partial charge in [0.05, 0.1) is 0 Å². The fraction of sp³-hybridized carbons (Fsp3) is 0.348. The van der Waals surface area contributed by atoms with Gasteiger partial charge in [-0.2, -0.15) is 0 Å². The summed E-state index contributed by atoms with van der Waals surface area (Å²) >= 11 is 0. The van der Waals surface area contributed by atoms with Gasteiger partial charge in [0.2, 0.25) is 5.91 Å². The second-order valence-corrected chi connectivity index (χ2v) is 7.65. The largest absolute Gasteiger partial charge is 0.325 e. The minimum Gasteiger partial charge on any atom is -0.324 e. The van der Waals surface area contributed by atoms with Crippen LogP contribution >= 0.6 is 0 Å². The van der Waals surface area contributed by atoms with Crippen LogP contribution in [-0.4, -0.2) is 34.8 Å². The monoisotopic (exact) mass is 393 g/mol. The third-order valence-corrected chi connectivity index (χ3v) is 5.41. The lowest BCUT2D eigenvalue weighted by Crippen LogP contribution is -2.45. The number of benzene rings is 2. The molecule has 152 valence electrons. The Kier molecular flexibility index (Phi) is 6.01. The van der Waals surface area contributed by atoms with Crippen LogP contribution in [0.15, 0.2) is 48.5 Å². The molecular weight excluding hydrogens is 366 g/mol. The van der Waals surface area contributed by atoms with E-state index in [0.29, 0.717) is 12.8 Å². The maximum absolute atomic E-state index is 12.9. The minimum absolute atomic E-state index is 0.302. The first-order valence-electron chi connectivity index (χ1n) is 9.90. The van der Waals surface area contributed by atoms with Crippen molar-refractivity contribution in [3.05, 3.63) is 65.2 Å². The van der Waals surface area contributed by atoms with E-state index in [2.05, 4.69) is 10.6 Å². The van der Waals surface area contributed by atoms with Crippen molar-refractivity contribution in [3.8, 4) is 0 Å². The molecule has 6 nitrogen and oxygen atoms in total. The summed E-state index contributed by atoms with van der Waals surface area (Å²) in [5.74, 6) is -0.751. The maximum Gasteiger partial charge on any atom is 0.325 e. The predicted octanol–water partition coefficient (Wildman–Crippen LogP) is 3.44. The van der Waals surface area contributed by atoms with Crippen molar-refractivity contribution in [2.24, 2.45) is 0 Å². The molecule has 1 heterocycles. The van der Waals surface area contributed by atoms with Gasteiger partial charge in [0, 0.05) is 5.69 Å². The van der Waals surface area contributed by atoms with Gasteiger partial charge < -0.3 is 10.6 Å². The van der Waals surface area contributed by atoms with E-state index in [9.17, 15) is 14.4 Å². The lowest BCUT2D eigenvalue weighted by Gasteiger charge is -2.21. The maximum atomic E-state index is 12.9. The van der Waals surface area contributed by atoms with Crippen molar-refractivity contribution in [3.63, 3.8) is 0 Å². The highest BCUT2D eigenvalue weighted by Crippen LogP contribution is 2.24. The number of rotatable bonds is 7. The van der Waals surface area contributed by atoms with E-state index in [-0.39, 0.29) is 18.4 Å². The normalized spacial score (nSPS) is 18.7. The average Bonchev–Trinajstić information content (AvgIpc) is 2.92. The number of carbonyl (C=O) groups excluding carboxylic acids is 3. The van der Waals surface area contributed by atoms with Gasteiger partial charge >= 0.3 is 6.03 Å². The molecule has 0 aromatic heterocycles. The molecule has 29 heavy (non-hydrogen) atoms. The molecule has 0 aliphatic carbocycles. The zero-order chi connectivity index (χ0) is 21.0. The highest BCUT2D eigenvalue weighted by Gasteiger charge is 2.47. The molecule has 6 heteroatoms. The van der Waals surface area contributed by atoms with Gasteiger partial charge in [-0.05, 0) is 49.8 Å². The molecule has 0 spiro atoms. The van der Waals surface area contributed by atoms with Crippen molar-refractivity contribution in [2.45, 2.75) is 45.6 Å². The number of imide groups is 1. The van der Waals surface area contributed by atoms with Crippen LogP contribution in [0.1, 0.15) is 37.0 Å². The molecule has 1 fully saturated rings. The highest BCUT2D eigenvalue weighted by molar-refractivity contribution is 6.10. The van der Waals surface area contributed by atoms with E-state index < -0.39 is 11.6 Å². The van der Waals surface area contributed by atoms with Crippen molar-refractivity contribution in [1.82, 2.24) is 10.2 Å². The molecule has 1 aliphatic rings. The Morgan fingerprint density at radius 1 is 1.10 bits per heavy atom. The molecule has 1 atom stereocenters. The van der Waals surface area contributed by atoms with E-state index >= 15 is 0 Å². The quantitative estimate of drug-likeness (QED) is 0.708. The molecule has 3 rings (SSSR count). The third kappa shape index (κ3) is 4.47. The first-order valence-corrected chi connectivity index (χ1v) is 9.90. The van der Waals surface area contributed by atoms with Crippen molar-refractivity contribution in [1.29, 1.82) is 0 Å². The van der Waals surface area contributed by atoms with Gasteiger partial charge in [0.1, 0.15) is 12.1 Å². The molecular formula is C23H27N3O3. The third-order valence-electron chi connectivity index (χ3n) is 5.41. The summed E-state index contributed by atoms with van der Waals surface area (Å²) in [5.41, 5.74) is 2.80. The molecule has 0 saturated carbocycles. The summed E-state index contributed by atoms with van der Waals surface area (Å²) in [7, 11) is 0. The van der Waals surface area contributed by atoms with Crippen LogP contribution in [0, 0.1) is 6.92 Å². The van der Waals surface area contributed by atoms with Crippen LogP contribution in [-0.2, 0) is 22.4 Å². The number of para-hydroxylation sites is 1. The summed E-state index contributed by atoms with van der Waals surface area (Å²) < 4.78 is 0. The topological polar surface area (TPSA) is 78.5 Å². The van der Waals surface area contributed by atoms with Gasteiger partial charge in [0.25, 0.3) is 5.91 Å². The Morgan fingerprint density at radius 3 is 2.52 bits per heavy atom. The van der Waals surface area contributed by atoms with Gasteiger partial charge in [-0.1, -0.05) is 55.5 Å². The van der Waals surface area contributed by atoms with Crippen molar-refractivity contribution < 1.29 is 14.4 Å². The fourth-order valence-corrected chi connectivity index (χ4v) is 3.62. The summed E-state index contributed by atoms with van der Waals surface area (Å²) in [4.78, 5) is 38.9. The Hall–Kier alpha value is -3.15. The molecule has 2 N–H and O–H groups in total. The summed E-state index contributed by atoms with van der Waals surface area (Å²) in [6, 6.07) is 15.1. The average molecular weight is 393 g/mol. The smallest absolute Gasteiger partial charge is 0.324 e. The fourth-order valence-electron chi connectivity index (χ4n) is 3.62. The zero-order valence-corrected chi connectivity index (χ0v) is 17.1. The molecule has 2 aromatic carbocycles. The van der Waals surface area contributed by atoms with Crippen LogP contribution < -0.4 is 10.6 Å². The van der Waals surface area contributed by atoms with Gasteiger partial charge in [-0.15, -0.1) is 0 Å². The lowest BCUT2D eigenvalue weighted by molar-refractivity contribution is -0.133. The summed E-state index contributed by atoms with van der Waals surface area (Å²) in [6.45, 7) is 5.34. The molecule has 2 aromatic rings. The summed E-state index contributed by atoms with van der Waals surface area (Å²) in [6.07, 6.45) is 1.90. The van der Waals surface area contributed by atoms with Gasteiger partial charge in [-0.25, -0.2) is 4.79 Å². The number of anilines is 1. The molecule has 0 radical (unpaired) electrons. The molecule has 0 bridgehead atoms. The second-order valence-electron chi connectivity index (χ2n) is 7.65. The Bertz CT molecular complexity index is 926. The van der Waals surface area contributed by atoms with Crippen LogP contribution in [0.3, 0.4) is 0 Å². The molecule has 1 aliphatic heterocycles. The molecule has 1 saturated heterocycles. The van der Waals surface area contributed by atoms with E-state index in [1.165, 1.54) is 0 Å². The Morgan fingerprint density at radius 2 is 1.83 bits per heavy atom. The van der Waals surface area contributed by atoms with E-state index in [1.807, 2.05) is 62.4 Å². The Balaban J connectivity index is 1.66. The highest BCUT2D eigenvalue weighted by atomic mass is 16.2. The number of hydrogen-bond donors (Lipinski definition) is 2. The van der Waals surface area contributed by atoms with Gasteiger partial charge in [-0.3, -0.25) is 14.5 Å². The van der Waals surface area contributed by atoms with Crippen molar-refractivity contribution >= 4 is 23.5 Å². The first kappa shape index (κ1) is 20.6. The van der Waals surface area contributed by atoms with Crippen molar-refractivity contribution in [2.75, 3.05) is 11.9 Å². The minimum atomic E-state index is -1.01. The number of hydrogen-bond acceptors (Lipinski definition) is 3.